The van der Waals surface area contributed by atoms with Crippen LogP contribution in [0.15, 0.2) is 18.2 Å². The van der Waals surface area contributed by atoms with Crippen molar-refractivity contribution in [2.75, 3.05) is 30.2 Å². The van der Waals surface area contributed by atoms with Gasteiger partial charge in [-0.2, -0.15) is 0 Å². The molecular weight excluding hydrogens is 414 g/mol. The maximum absolute atomic E-state index is 13.3. The number of hydrogen-bond donors (Lipinski definition) is 0. The highest BCUT2D eigenvalue weighted by atomic mass is 32.2. The molecule has 1 fully saturated rings. The zero-order chi connectivity index (χ0) is 21.6. The second-order valence-electron chi connectivity index (χ2n) is 8.96. The van der Waals surface area contributed by atoms with Gasteiger partial charge in [-0.05, 0) is 55.9 Å². The molecule has 1 saturated heterocycles. The summed E-state index contributed by atoms with van der Waals surface area (Å²) in [5.74, 6) is 2.35. The number of aryl methyl sites for hydroxylation is 1. The zero-order valence-electron chi connectivity index (χ0n) is 18.0. The fourth-order valence-electron chi connectivity index (χ4n) is 5.21. The van der Waals surface area contributed by atoms with Gasteiger partial charge in [-0.1, -0.05) is 6.42 Å². The Labute approximate surface area is 183 Å². The van der Waals surface area contributed by atoms with E-state index in [0.29, 0.717) is 30.8 Å². The van der Waals surface area contributed by atoms with E-state index < -0.39 is 10.0 Å². The summed E-state index contributed by atoms with van der Waals surface area (Å²) in [6, 6.07) is 5.41. The first-order valence-corrected chi connectivity index (χ1v) is 13.1. The van der Waals surface area contributed by atoms with Crippen LogP contribution in [-0.2, 0) is 29.4 Å². The van der Waals surface area contributed by atoms with Crippen molar-refractivity contribution >= 4 is 21.6 Å². The van der Waals surface area contributed by atoms with Crippen molar-refractivity contribution in [3.05, 3.63) is 41.0 Å². The number of fused-ring (bicyclic) bond motifs is 2. The molecule has 0 bridgehead atoms. The molecule has 1 amide bonds. The van der Waals surface area contributed by atoms with Crippen molar-refractivity contribution in [1.29, 1.82) is 0 Å². The maximum Gasteiger partial charge on any atom is 0.253 e. The Morgan fingerprint density at radius 2 is 1.90 bits per heavy atom. The number of amides is 1. The second-order valence-corrected chi connectivity index (χ2v) is 10.9. The molecule has 0 spiro atoms. The number of benzene rings is 1. The van der Waals surface area contributed by atoms with Crippen molar-refractivity contribution in [1.82, 2.24) is 19.7 Å². The molecule has 3 aliphatic rings. The van der Waals surface area contributed by atoms with Crippen LogP contribution in [0.25, 0.3) is 0 Å². The molecule has 5 rings (SSSR count). The van der Waals surface area contributed by atoms with Crippen molar-refractivity contribution in [2.45, 2.75) is 57.4 Å². The number of carbonyl (C=O) groups excluding carboxylic acids is 1. The van der Waals surface area contributed by atoms with Gasteiger partial charge in [-0.25, -0.2) is 8.42 Å². The lowest BCUT2D eigenvalue weighted by molar-refractivity contribution is 0.0703. The van der Waals surface area contributed by atoms with E-state index in [1.165, 1.54) is 23.4 Å². The van der Waals surface area contributed by atoms with Crippen molar-refractivity contribution in [3.8, 4) is 0 Å². The second kappa shape index (κ2) is 7.93. The van der Waals surface area contributed by atoms with E-state index >= 15 is 0 Å². The quantitative estimate of drug-likeness (QED) is 0.727. The summed E-state index contributed by atoms with van der Waals surface area (Å²) < 4.78 is 27.7. The monoisotopic (exact) mass is 443 g/mol. The normalized spacial score (nSPS) is 21.5. The Kier molecular flexibility index (Phi) is 5.24. The van der Waals surface area contributed by atoms with E-state index in [1.54, 1.807) is 12.1 Å². The molecule has 3 aliphatic heterocycles. The third-order valence-corrected chi connectivity index (χ3v) is 7.97. The highest BCUT2D eigenvalue weighted by molar-refractivity contribution is 7.92. The van der Waals surface area contributed by atoms with Crippen LogP contribution in [-0.4, -0.2) is 59.9 Å². The van der Waals surface area contributed by atoms with Gasteiger partial charge < -0.3 is 9.47 Å². The Morgan fingerprint density at radius 3 is 2.74 bits per heavy atom. The topological polar surface area (TPSA) is 88.4 Å². The third-order valence-electron chi connectivity index (χ3n) is 6.79. The smallest absolute Gasteiger partial charge is 0.253 e. The SMILES string of the molecule is CS(=O)(=O)N1CCc2cc(C(=O)N3CCCC(c4nnc5n4CCCCC5)C3)ccc21. The molecule has 1 unspecified atom stereocenters. The van der Waals surface area contributed by atoms with Gasteiger partial charge >= 0.3 is 0 Å². The number of sulfonamides is 1. The lowest BCUT2D eigenvalue weighted by Crippen LogP contribution is -2.39. The molecule has 4 heterocycles. The van der Waals surface area contributed by atoms with Gasteiger partial charge in [0.1, 0.15) is 11.6 Å². The molecule has 8 nitrogen and oxygen atoms in total. The Bertz CT molecular complexity index is 1110. The van der Waals surface area contributed by atoms with Crippen molar-refractivity contribution in [2.24, 2.45) is 0 Å². The lowest BCUT2D eigenvalue weighted by atomic mass is 9.96. The average molecular weight is 444 g/mol. The molecule has 0 aliphatic carbocycles. The van der Waals surface area contributed by atoms with Crippen LogP contribution in [0.3, 0.4) is 0 Å². The molecule has 0 radical (unpaired) electrons. The zero-order valence-corrected chi connectivity index (χ0v) is 18.8. The van der Waals surface area contributed by atoms with E-state index in [1.807, 2.05) is 11.0 Å². The van der Waals surface area contributed by atoms with E-state index in [4.69, 9.17) is 0 Å². The summed E-state index contributed by atoms with van der Waals surface area (Å²) in [6.45, 7) is 2.81. The maximum atomic E-state index is 13.3. The summed E-state index contributed by atoms with van der Waals surface area (Å²) in [4.78, 5) is 15.2. The number of carbonyl (C=O) groups is 1. The largest absolute Gasteiger partial charge is 0.338 e. The first-order chi connectivity index (χ1) is 14.9. The van der Waals surface area contributed by atoms with E-state index in [9.17, 15) is 13.2 Å². The number of aromatic nitrogens is 3. The number of anilines is 1. The van der Waals surface area contributed by atoms with Crippen LogP contribution in [0.2, 0.25) is 0 Å². The highest BCUT2D eigenvalue weighted by Crippen LogP contribution is 2.32. The minimum absolute atomic E-state index is 0.0147. The fraction of sp³-hybridized carbons (Fsp3) is 0.591. The van der Waals surface area contributed by atoms with Gasteiger partial charge in [-0.3, -0.25) is 9.10 Å². The molecule has 1 aromatic carbocycles. The molecule has 0 saturated carbocycles. The predicted octanol–water partition coefficient (Wildman–Crippen LogP) is 2.35. The Hall–Kier alpha value is -2.42. The molecule has 9 heteroatoms. The van der Waals surface area contributed by atoms with Crippen LogP contribution in [0.5, 0.6) is 0 Å². The number of likely N-dealkylation sites (tertiary alicyclic amines) is 1. The minimum Gasteiger partial charge on any atom is -0.338 e. The summed E-state index contributed by atoms with van der Waals surface area (Å²) in [5.41, 5.74) is 2.25. The lowest BCUT2D eigenvalue weighted by Gasteiger charge is -2.32. The van der Waals surface area contributed by atoms with Crippen LogP contribution in [0.4, 0.5) is 5.69 Å². The summed E-state index contributed by atoms with van der Waals surface area (Å²) in [6.07, 6.45) is 8.38. The third kappa shape index (κ3) is 3.84. The molecule has 1 atom stereocenters. The van der Waals surface area contributed by atoms with Crippen LogP contribution < -0.4 is 4.31 Å². The average Bonchev–Trinajstić information content (AvgIpc) is 3.30. The summed E-state index contributed by atoms with van der Waals surface area (Å²) >= 11 is 0. The fourth-order valence-corrected chi connectivity index (χ4v) is 6.17. The van der Waals surface area contributed by atoms with Gasteiger partial charge in [0.2, 0.25) is 10.0 Å². The number of hydrogen-bond acceptors (Lipinski definition) is 5. The van der Waals surface area contributed by atoms with Crippen LogP contribution in [0, 0.1) is 0 Å². The first-order valence-electron chi connectivity index (χ1n) is 11.2. The Morgan fingerprint density at radius 1 is 1.03 bits per heavy atom. The van der Waals surface area contributed by atoms with E-state index in [-0.39, 0.29) is 11.8 Å². The standard InChI is InChI=1S/C22H29N5O3S/c1-31(29,30)27-13-10-16-14-17(8-9-19(16)27)22(28)25-11-5-6-18(15-25)21-24-23-20-7-3-2-4-12-26(20)21/h8-9,14,18H,2-7,10-13,15H2,1H3. The minimum atomic E-state index is -3.29. The van der Waals surface area contributed by atoms with Crippen molar-refractivity contribution < 1.29 is 13.2 Å². The molecule has 166 valence electrons. The number of rotatable bonds is 3. The number of nitrogens with zero attached hydrogens (tertiary/aromatic N) is 5. The van der Waals surface area contributed by atoms with Gasteiger partial charge in [-0.15, -0.1) is 10.2 Å². The molecule has 1 aromatic heterocycles. The van der Waals surface area contributed by atoms with Gasteiger partial charge in [0.05, 0.1) is 11.9 Å². The van der Waals surface area contributed by atoms with Gasteiger partial charge in [0, 0.05) is 44.1 Å². The molecule has 2 aromatic rings. The van der Waals surface area contributed by atoms with Crippen LogP contribution in [0.1, 0.15) is 65.6 Å². The highest BCUT2D eigenvalue weighted by Gasteiger charge is 2.31. The first kappa shape index (κ1) is 20.5. The van der Waals surface area contributed by atoms with Gasteiger partial charge in [0.25, 0.3) is 5.91 Å². The molecular formula is C22H29N5O3S. The molecule has 0 N–H and O–H groups in total. The van der Waals surface area contributed by atoms with Gasteiger partial charge in [0.15, 0.2) is 0 Å². The summed E-state index contributed by atoms with van der Waals surface area (Å²) in [5, 5.41) is 8.96. The summed E-state index contributed by atoms with van der Waals surface area (Å²) in [7, 11) is -3.29. The van der Waals surface area contributed by atoms with Crippen LogP contribution >= 0.6 is 0 Å². The van der Waals surface area contributed by atoms with E-state index in [0.717, 1.165) is 56.0 Å². The number of piperidine rings is 1. The Balaban J connectivity index is 1.35. The molecule has 31 heavy (non-hydrogen) atoms. The van der Waals surface area contributed by atoms with Crippen molar-refractivity contribution in [3.63, 3.8) is 0 Å². The predicted molar refractivity (Wildman–Crippen MR) is 118 cm³/mol. The van der Waals surface area contributed by atoms with E-state index in [2.05, 4.69) is 14.8 Å².